The lowest BCUT2D eigenvalue weighted by atomic mass is 10.2. The molecule has 168 valence electrons. The maximum absolute atomic E-state index is 12.7. The summed E-state index contributed by atoms with van der Waals surface area (Å²) < 4.78 is 33.7. The number of fused-ring (bicyclic) bond motifs is 1. The van der Waals surface area contributed by atoms with E-state index in [0.29, 0.717) is 16.9 Å². The predicted octanol–water partition coefficient (Wildman–Crippen LogP) is 2.34. The van der Waals surface area contributed by atoms with Crippen molar-refractivity contribution < 1.29 is 17.7 Å². The van der Waals surface area contributed by atoms with Crippen molar-refractivity contribution in [2.45, 2.75) is 51.0 Å². The van der Waals surface area contributed by atoms with Crippen molar-refractivity contribution >= 4 is 27.5 Å². The van der Waals surface area contributed by atoms with Gasteiger partial charge in [-0.1, -0.05) is 5.16 Å². The molecule has 1 unspecified atom stereocenters. The summed E-state index contributed by atoms with van der Waals surface area (Å²) in [5, 5.41) is 10.8. The summed E-state index contributed by atoms with van der Waals surface area (Å²) in [6.07, 6.45) is 2.58. The number of aryl methyl sites for hydroxylation is 3. The van der Waals surface area contributed by atoms with E-state index in [9.17, 15) is 18.0 Å². The summed E-state index contributed by atoms with van der Waals surface area (Å²) in [6, 6.07) is 6.38. The Balaban J connectivity index is 1.47. The zero-order valence-electron chi connectivity index (χ0n) is 17.9. The summed E-state index contributed by atoms with van der Waals surface area (Å²) in [5.41, 5.74) is 3.05. The molecule has 0 bridgehead atoms. The molecule has 1 aliphatic rings. The Morgan fingerprint density at radius 1 is 1.19 bits per heavy atom. The molecule has 1 amide bonds. The van der Waals surface area contributed by atoms with E-state index in [-0.39, 0.29) is 16.3 Å². The Bertz CT molecular complexity index is 1340. The zero-order chi connectivity index (χ0) is 23.0. The minimum Gasteiger partial charge on any atom is -0.337 e. The molecule has 0 saturated heterocycles. The fourth-order valence-electron chi connectivity index (χ4n) is 3.46. The van der Waals surface area contributed by atoms with Gasteiger partial charge in [-0.05, 0) is 69.9 Å². The van der Waals surface area contributed by atoms with Gasteiger partial charge in [0.15, 0.2) is 0 Å². The SMILES string of the molecule is Cc1noc(NS(=O)(=O)c2ccc(NC(=O)C(C)n3nc4c(cc3=O)CCC4)cc2)c1C. The fraction of sp³-hybridized carbons (Fsp3) is 0.333. The first-order valence-electron chi connectivity index (χ1n) is 10.1. The Kier molecular flexibility index (Phi) is 5.59. The number of anilines is 2. The van der Waals surface area contributed by atoms with Gasteiger partial charge in [-0.3, -0.25) is 9.59 Å². The van der Waals surface area contributed by atoms with Crippen molar-refractivity contribution in [3.63, 3.8) is 0 Å². The molecule has 3 aromatic rings. The fourth-order valence-corrected chi connectivity index (χ4v) is 4.51. The Morgan fingerprint density at radius 2 is 1.91 bits per heavy atom. The smallest absolute Gasteiger partial charge is 0.267 e. The average Bonchev–Trinajstić information content (AvgIpc) is 3.34. The molecular formula is C21H23N5O5S. The molecule has 10 nitrogen and oxygen atoms in total. The third-order valence-electron chi connectivity index (χ3n) is 5.54. The van der Waals surface area contributed by atoms with Crippen LogP contribution in [-0.4, -0.2) is 29.3 Å². The second-order valence-corrected chi connectivity index (χ2v) is 9.45. The number of hydrogen-bond acceptors (Lipinski definition) is 7. The second-order valence-electron chi connectivity index (χ2n) is 7.77. The van der Waals surface area contributed by atoms with E-state index >= 15 is 0 Å². The van der Waals surface area contributed by atoms with Gasteiger partial charge in [-0.25, -0.2) is 17.8 Å². The van der Waals surface area contributed by atoms with Crippen molar-refractivity contribution in [1.29, 1.82) is 0 Å². The first-order valence-corrected chi connectivity index (χ1v) is 11.6. The topological polar surface area (TPSA) is 136 Å². The summed E-state index contributed by atoms with van der Waals surface area (Å²) in [5.74, 6) is -0.375. The monoisotopic (exact) mass is 457 g/mol. The highest BCUT2D eigenvalue weighted by atomic mass is 32.2. The number of hydrogen-bond donors (Lipinski definition) is 2. The number of aromatic nitrogens is 3. The highest BCUT2D eigenvalue weighted by molar-refractivity contribution is 7.92. The van der Waals surface area contributed by atoms with E-state index in [2.05, 4.69) is 20.3 Å². The summed E-state index contributed by atoms with van der Waals surface area (Å²) in [6.45, 7) is 5.00. The minimum atomic E-state index is -3.89. The molecule has 32 heavy (non-hydrogen) atoms. The van der Waals surface area contributed by atoms with Gasteiger partial charge in [0.05, 0.1) is 16.3 Å². The molecule has 1 atom stereocenters. The van der Waals surface area contributed by atoms with Gasteiger partial charge >= 0.3 is 0 Å². The third kappa shape index (κ3) is 4.15. The van der Waals surface area contributed by atoms with Crippen LogP contribution in [-0.2, 0) is 27.7 Å². The van der Waals surface area contributed by atoms with Gasteiger partial charge in [0.25, 0.3) is 15.6 Å². The molecule has 2 heterocycles. The quantitative estimate of drug-likeness (QED) is 0.580. The van der Waals surface area contributed by atoms with E-state index in [1.807, 2.05) is 0 Å². The molecule has 0 radical (unpaired) electrons. The number of carbonyl (C=O) groups excluding carboxylic acids is 1. The van der Waals surface area contributed by atoms with Crippen LogP contribution in [0.3, 0.4) is 0 Å². The second kappa shape index (κ2) is 8.23. The van der Waals surface area contributed by atoms with Gasteiger partial charge in [0, 0.05) is 17.3 Å². The van der Waals surface area contributed by atoms with Gasteiger partial charge in [0.1, 0.15) is 6.04 Å². The van der Waals surface area contributed by atoms with Gasteiger partial charge in [0.2, 0.25) is 11.8 Å². The molecule has 4 rings (SSSR count). The van der Waals surface area contributed by atoms with Crippen molar-refractivity contribution in [3.8, 4) is 0 Å². The normalized spacial score (nSPS) is 14.1. The number of benzene rings is 1. The van der Waals surface area contributed by atoms with Crippen LogP contribution in [0.2, 0.25) is 0 Å². The lowest BCUT2D eigenvalue weighted by Crippen LogP contribution is -2.34. The number of rotatable bonds is 6. The molecule has 0 spiro atoms. The zero-order valence-corrected chi connectivity index (χ0v) is 18.7. The molecular weight excluding hydrogens is 434 g/mol. The maximum Gasteiger partial charge on any atom is 0.267 e. The lowest BCUT2D eigenvalue weighted by molar-refractivity contribution is -0.119. The predicted molar refractivity (Wildman–Crippen MR) is 117 cm³/mol. The van der Waals surface area contributed by atoms with Crippen molar-refractivity contribution in [2.24, 2.45) is 0 Å². The van der Waals surface area contributed by atoms with Crippen LogP contribution in [0.5, 0.6) is 0 Å². The van der Waals surface area contributed by atoms with Crippen LogP contribution < -0.4 is 15.6 Å². The maximum atomic E-state index is 12.7. The standard InChI is InChI=1S/C21H23N5O5S/c1-12-13(2)24-31-21(12)25-32(29,30)17-9-7-16(8-10-17)22-20(28)14(3)26-19(27)11-15-5-4-6-18(15)23-26/h7-11,14,25H,4-6H2,1-3H3,(H,22,28). The Morgan fingerprint density at radius 3 is 2.56 bits per heavy atom. The summed E-state index contributed by atoms with van der Waals surface area (Å²) >= 11 is 0. The number of carbonyl (C=O) groups is 1. The summed E-state index contributed by atoms with van der Waals surface area (Å²) in [7, 11) is -3.89. The van der Waals surface area contributed by atoms with Crippen molar-refractivity contribution in [1.82, 2.24) is 14.9 Å². The van der Waals surface area contributed by atoms with Crippen LogP contribution in [0.1, 0.15) is 41.9 Å². The average molecular weight is 458 g/mol. The largest absolute Gasteiger partial charge is 0.337 e. The van der Waals surface area contributed by atoms with Crippen molar-refractivity contribution in [3.05, 3.63) is 63.2 Å². The lowest BCUT2D eigenvalue weighted by Gasteiger charge is -2.15. The van der Waals surface area contributed by atoms with Crippen molar-refractivity contribution in [2.75, 3.05) is 10.0 Å². The number of sulfonamides is 1. The van der Waals surface area contributed by atoms with Gasteiger partial charge in [-0.15, -0.1) is 0 Å². The van der Waals surface area contributed by atoms with E-state index in [1.165, 1.54) is 28.9 Å². The van der Waals surface area contributed by atoms with E-state index < -0.39 is 22.0 Å². The first-order chi connectivity index (χ1) is 15.2. The van der Waals surface area contributed by atoms with E-state index in [1.54, 1.807) is 26.8 Å². The van der Waals surface area contributed by atoms with Crippen LogP contribution in [0.25, 0.3) is 0 Å². The highest BCUT2D eigenvalue weighted by Gasteiger charge is 2.22. The molecule has 0 fully saturated rings. The molecule has 11 heteroatoms. The Labute approximate surface area is 184 Å². The molecule has 1 aromatic carbocycles. The van der Waals surface area contributed by atoms with Crippen LogP contribution in [0.4, 0.5) is 11.6 Å². The minimum absolute atomic E-state index is 0.00601. The molecule has 2 aromatic heterocycles. The third-order valence-corrected chi connectivity index (χ3v) is 6.89. The highest BCUT2D eigenvalue weighted by Crippen LogP contribution is 2.23. The van der Waals surface area contributed by atoms with Crippen LogP contribution in [0.15, 0.2) is 44.5 Å². The molecule has 0 aliphatic heterocycles. The Hall–Kier alpha value is -3.47. The summed E-state index contributed by atoms with van der Waals surface area (Å²) in [4.78, 5) is 25.0. The number of amides is 1. The van der Waals surface area contributed by atoms with Gasteiger partial charge in [-0.2, -0.15) is 5.10 Å². The molecule has 1 aliphatic carbocycles. The molecule has 2 N–H and O–H groups in total. The molecule has 0 saturated carbocycles. The van der Waals surface area contributed by atoms with Crippen LogP contribution >= 0.6 is 0 Å². The van der Waals surface area contributed by atoms with Crippen LogP contribution in [0, 0.1) is 13.8 Å². The van der Waals surface area contributed by atoms with Gasteiger partial charge < -0.3 is 9.84 Å². The van der Waals surface area contributed by atoms with E-state index in [4.69, 9.17) is 4.52 Å². The number of nitrogens with one attached hydrogen (secondary N) is 2. The number of nitrogens with zero attached hydrogens (tertiary/aromatic N) is 3. The first kappa shape index (κ1) is 21.8. The van der Waals surface area contributed by atoms with E-state index in [0.717, 1.165) is 30.5 Å².